The van der Waals surface area contributed by atoms with Gasteiger partial charge < -0.3 is 29.2 Å². The highest BCUT2D eigenvalue weighted by molar-refractivity contribution is 5.51. The van der Waals surface area contributed by atoms with E-state index in [9.17, 15) is 10.2 Å². The maximum atomic E-state index is 10.2. The van der Waals surface area contributed by atoms with Gasteiger partial charge in [0, 0.05) is 25.2 Å². The largest absolute Gasteiger partial charge is 0.504 e. The highest BCUT2D eigenvalue weighted by atomic mass is 16.5. The maximum absolute atomic E-state index is 10.2. The van der Waals surface area contributed by atoms with Crippen molar-refractivity contribution < 1.29 is 29.2 Å². The normalized spacial score (nSPS) is 18.2. The number of fused-ring (bicyclic) bond motifs is 2. The summed E-state index contributed by atoms with van der Waals surface area (Å²) in [5.41, 5.74) is 7.00. The smallest absolute Gasteiger partial charge is 0.169 e. The zero-order valence-corrected chi connectivity index (χ0v) is 26.7. The summed E-state index contributed by atoms with van der Waals surface area (Å²) in [6, 6.07) is 22.2. The number of methoxy groups -OCH3 is 3. The number of likely N-dealkylation sites (N-methyl/N-ethyl adjacent to an activating group) is 2. The Morgan fingerprint density at radius 2 is 1.13 bits per heavy atom. The third-order valence-electron chi connectivity index (χ3n) is 9.37. The summed E-state index contributed by atoms with van der Waals surface area (Å²) in [5, 5.41) is 20.2. The summed E-state index contributed by atoms with van der Waals surface area (Å²) in [6.45, 7) is 1.86. The van der Waals surface area contributed by atoms with Gasteiger partial charge in [-0.05, 0) is 122 Å². The van der Waals surface area contributed by atoms with Crippen molar-refractivity contribution in [2.24, 2.45) is 0 Å². The van der Waals surface area contributed by atoms with Gasteiger partial charge >= 0.3 is 0 Å². The Morgan fingerprint density at radius 1 is 0.600 bits per heavy atom. The Balaban J connectivity index is 1.20. The molecule has 0 aromatic heterocycles. The van der Waals surface area contributed by atoms with Gasteiger partial charge in [0.15, 0.2) is 34.5 Å². The molecule has 4 aromatic carbocycles. The van der Waals surface area contributed by atoms with Crippen LogP contribution in [0.5, 0.6) is 40.2 Å². The van der Waals surface area contributed by atoms with Crippen LogP contribution in [0.15, 0.2) is 66.7 Å². The highest BCUT2D eigenvalue weighted by Gasteiger charge is 2.28. The van der Waals surface area contributed by atoms with Crippen LogP contribution in [0.4, 0.5) is 0 Å². The summed E-state index contributed by atoms with van der Waals surface area (Å²) in [7, 11) is 9.29. The fourth-order valence-electron chi connectivity index (χ4n) is 6.73. The average molecular weight is 611 g/mol. The number of hydrogen-bond donors (Lipinski definition) is 2. The second kappa shape index (κ2) is 12.9. The molecule has 45 heavy (non-hydrogen) atoms. The van der Waals surface area contributed by atoms with E-state index < -0.39 is 0 Å². The molecule has 0 aliphatic carbocycles. The molecular formula is C37H42N2O6. The minimum absolute atomic E-state index is 0.0606. The van der Waals surface area contributed by atoms with Crippen molar-refractivity contribution in [3.8, 4) is 40.2 Å². The van der Waals surface area contributed by atoms with Crippen LogP contribution in [0.3, 0.4) is 0 Å². The SMILES string of the molecule is COc1cc2c(cc1OC)[C@H](Cc1ccc(OC)c(Oc3ccc(C[C@H]4c5cc(O)c(O)cc5CCN4C)cc3)c1)N(C)CC2. The first-order chi connectivity index (χ1) is 21.8. The first-order valence-electron chi connectivity index (χ1n) is 15.4. The van der Waals surface area contributed by atoms with Crippen LogP contribution in [-0.4, -0.2) is 68.5 Å². The van der Waals surface area contributed by atoms with E-state index in [2.05, 4.69) is 60.3 Å². The van der Waals surface area contributed by atoms with Crippen LogP contribution in [0.25, 0.3) is 0 Å². The molecule has 236 valence electrons. The van der Waals surface area contributed by atoms with E-state index in [1.54, 1.807) is 33.5 Å². The van der Waals surface area contributed by atoms with Crippen LogP contribution in [0, 0.1) is 0 Å². The highest BCUT2D eigenvalue weighted by Crippen LogP contribution is 2.41. The Labute approximate surface area is 265 Å². The van der Waals surface area contributed by atoms with Crippen molar-refractivity contribution in [3.63, 3.8) is 0 Å². The van der Waals surface area contributed by atoms with Gasteiger partial charge in [-0.1, -0.05) is 18.2 Å². The number of phenols is 2. The number of rotatable bonds is 9. The van der Waals surface area contributed by atoms with Crippen molar-refractivity contribution in [2.45, 2.75) is 37.8 Å². The Morgan fingerprint density at radius 3 is 1.78 bits per heavy atom. The Kier molecular flexibility index (Phi) is 8.79. The van der Waals surface area contributed by atoms with Crippen molar-refractivity contribution in [3.05, 3.63) is 100 Å². The molecule has 8 nitrogen and oxygen atoms in total. The molecule has 2 aliphatic rings. The lowest BCUT2D eigenvalue weighted by Gasteiger charge is -2.35. The average Bonchev–Trinajstić information content (AvgIpc) is 3.05. The zero-order valence-electron chi connectivity index (χ0n) is 26.7. The number of benzene rings is 4. The minimum atomic E-state index is -0.0757. The molecule has 8 heteroatoms. The van der Waals surface area contributed by atoms with Gasteiger partial charge in [0.25, 0.3) is 0 Å². The fraction of sp³-hybridized carbons (Fsp3) is 0.351. The molecule has 2 atom stereocenters. The molecule has 2 aliphatic heterocycles. The standard InChI is InChI=1S/C37H42N2O6/c1-38-14-12-25-19-32(40)33(41)21-28(25)30(38)16-23-6-9-27(10-7-23)45-37-18-24(8-11-34(37)42-3)17-31-29-22-36(44-5)35(43-4)20-26(29)13-15-39(31)2/h6-11,18-22,30-31,40-41H,12-17H2,1-5H3/t30-,31-/m0/s1. The monoisotopic (exact) mass is 610 g/mol. The summed E-state index contributed by atoms with van der Waals surface area (Å²) < 4.78 is 23.3. The summed E-state index contributed by atoms with van der Waals surface area (Å²) in [5.74, 6) is 3.45. The molecular weight excluding hydrogens is 568 g/mol. The van der Waals surface area contributed by atoms with Crippen molar-refractivity contribution in [2.75, 3.05) is 48.5 Å². The van der Waals surface area contributed by atoms with E-state index in [0.717, 1.165) is 78.3 Å². The zero-order chi connectivity index (χ0) is 31.7. The van der Waals surface area contributed by atoms with Crippen LogP contribution < -0.4 is 18.9 Å². The van der Waals surface area contributed by atoms with Gasteiger partial charge in [-0.15, -0.1) is 0 Å². The molecule has 2 heterocycles. The number of ether oxygens (including phenoxy) is 4. The third-order valence-corrected chi connectivity index (χ3v) is 9.37. The van der Waals surface area contributed by atoms with E-state index in [0.29, 0.717) is 11.5 Å². The first kappa shape index (κ1) is 30.6. The fourth-order valence-corrected chi connectivity index (χ4v) is 6.73. The second-order valence-electron chi connectivity index (χ2n) is 12.1. The quantitative estimate of drug-likeness (QED) is 0.209. The van der Waals surface area contributed by atoms with Crippen LogP contribution in [-0.2, 0) is 25.7 Å². The van der Waals surface area contributed by atoms with E-state index in [1.807, 2.05) is 18.2 Å². The predicted molar refractivity (Wildman–Crippen MR) is 174 cm³/mol. The molecule has 0 saturated carbocycles. The number of hydrogen-bond acceptors (Lipinski definition) is 8. The number of phenolic OH excluding ortho intramolecular Hbond substituents is 2. The number of nitrogens with zero attached hydrogens (tertiary/aromatic N) is 2. The van der Waals surface area contributed by atoms with Crippen molar-refractivity contribution >= 4 is 0 Å². The minimum Gasteiger partial charge on any atom is -0.504 e. The summed E-state index contributed by atoms with van der Waals surface area (Å²) in [4.78, 5) is 4.69. The van der Waals surface area contributed by atoms with Crippen LogP contribution in [0.1, 0.15) is 45.5 Å². The van der Waals surface area contributed by atoms with Gasteiger partial charge in [-0.2, -0.15) is 0 Å². The lowest BCUT2D eigenvalue weighted by Crippen LogP contribution is -2.33. The molecule has 0 spiro atoms. The van der Waals surface area contributed by atoms with Crippen LogP contribution >= 0.6 is 0 Å². The van der Waals surface area contributed by atoms with E-state index >= 15 is 0 Å². The molecule has 0 fully saturated rings. The van der Waals surface area contributed by atoms with Gasteiger partial charge in [0.05, 0.1) is 21.3 Å². The third kappa shape index (κ3) is 6.26. The Hall–Kier alpha value is -4.40. The number of aromatic hydroxyl groups is 2. The van der Waals surface area contributed by atoms with Crippen molar-refractivity contribution in [1.82, 2.24) is 9.80 Å². The van der Waals surface area contributed by atoms with Crippen molar-refractivity contribution in [1.29, 1.82) is 0 Å². The molecule has 0 radical (unpaired) electrons. The topological polar surface area (TPSA) is 83.9 Å². The molecule has 6 rings (SSSR count). The molecule has 0 saturated heterocycles. The molecule has 0 bridgehead atoms. The van der Waals surface area contributed by atoms with Gasteiger partial charge in [0.2, 0.25) is 0 Å². The van der Waals surface area contributed by atoms with Gasteiger partial charge in [-0.3, -0.25) is 9.80 Å². The second-order valence-corrected chi connectivity index (χ2v) is 12.1. The van der Waals surface area contributed by atoms with E-state index in [1.165, 1.54) is 11.1 Å². The van der Waals surface area contributed by atoms with Gasteiger partial charge in [0.1, 0.15) is 5.75 Å². The molecule has 4 aromatic rings. The summed E-state index contributed by atoms with van der Waals surface area (Å²) >= 11 is 0. The maximum Gasteiger partial charge on any atom is 0.169 e. The predicted octanol–water partition coefficient (Wildman–Crippen LogP) is 6.46. The van der Waals surface area contributed by atoms with Gasteiger partial charge in [-0.25, -0.2) is 0 Å². The first-order valence-corrected chi connectivity index (χ1v) is 15.4. The van der Waals surface area contributed by atoms with Crippen LogP contribution in [0.2, 0.25) is 0 Å². The molecule has 2 N–H and O–H groups in total. The lowest BCUT2D eigenvalue weighted by molar-refractivity contribution is 0.227. The molecule has 0 unspecified atom stereocenters. The summed E-state index contributed by atoms with van der Waals surface area (Å²) in [6.07, 6.45) is 3.39. The van der Waals surface area contributed by atoms with E-state index in [4.69, 9.17) is 18.9 Å². The Bertz CT molecular complexity index is 1670. The lowest BCUT2D eigenvalue weighted by atomic mass is 9.88. The molecule has 0 amide bonds. The van der Waals surface area contributed by atoms with E-state index in [-0.39, 0.29) is 23.6 Å².